The molecule has 1 amide bonds. The van der Waals surface area contributed by atoms with Crippen LogP contribution in [-0.2, 0) is 20.7 Å². The van der Waals surface area contributed by atoms with E-state index in [0.717, 1.165) is 24.5 Å². The fourth-order valence-corrected chi connectivity index (χ4v) is 2.45. The van der Waals surface area contributed by atoms with E-state index in [1.54, 1.807) is 20.0 Å². The van der Waals surface area contributed by atoms with Crippen LogP contribution in [0, 0.1) is 0 Å². The minimum absolute atomic E-state index is 0.0995. The van der Waals surface area contributed by atoms with E-state index in [1.807, 2.05) is 17.0 Å². The molecule has 114 valence electrons. The monoisotopic (exact) mass is 291 g/mol. The van der Waals surface area contributed by atoms with E-state index in [-0.39, 0.29) is 18.3 Å². The lowest BCUT2D eigenvalue weighted by Gasteiger charge is -2.35. The molecule has 2 rings (SSSR count). The van der Waals surface area contributed by atoms with Crippen LogP contribution in [0.5, 0.6) is 0 Å². The molecule has 21 heavy (non-hydrogen) atoms. The smallest absolute Gasteiger partial charge is 0.310 e. The van der Waals surface area contributed by atoms with Crippen molar-refractivity contribution < 1.29 is 14.3 Å². The Morgan fingerprint density at radius 2 is 2.00 bits per heavy atom. The fraction of sp³-hybridized carbons (Fsp3) is 0.533. The fourth-order valence-electron chi connectivity index (χ4n) is 2.45. The lowest BCUT2D eigenvalue weighted by Crippen LogP contribution is -2.48. The molecule has 0 saturated carbocycles. The van der Waals surface area contributed by atoms with Crippen molar-refractivity contribution in [3.63, 3.8) is 0 Å². The molecule has 0 N–H and O–H groups in total. The highest BCUT2D eigenvalue weighted by molar-refractivity contribution is 5.75. The third-order valence-electron chi connectivity index (χ3n) is 3.53. The molecule has 1 aromatic rings. The highest BCUT2D eigenvalue weighted by Crippen LogP contribution is 2.20. The van der Waals surface area contributed by atoms with Gasteiger partial charge in [-0.25, -0.2) is 4.98 Å². The van der Waals surface area contributed by atoms with Crippen molar-refractivity contribution in [2.24, 2.45) is 0 Å². The molecule has 0 unspecified atom stereocenters. The molecular formula is C15H21N3O3. The van der Waals surface area contributed by atoms with Gasteiger partial charge in [-0.1, -0.05) is 6.07 Å². The Balaban J connectivity index is 2.06. The van der Waals surface area contributed by atoms with Gasteiger partial charge >= 0.3 is 5.97 Å². The van der Waals surface area contributed by atoms with Gasteiger partial charge in [0.05, 0.1) is 13.0 Å². The van der Waals surface area contributed by atoms with Gasteiger partial charge in [-0.15, -0.1) is 0 Å². The SMILES string of the molecule is CCOC(=O)Cc1cccnc1N1CCN(C(C)=O)CC1. The summed E-state index contributed by atoms with van der Waals surface area (Å²) >= 11 is 0. The predicted octanol–water partition coefficient (Wildman–Crippen LogP) is 0.856. The van der Waals surface area contributed by atoms with Crippen LogP contribution in [0.4, 0.5) is 5.82 Å². The average molecular weight is 291 g/mol. The third kappa shape index (κ3) is 3.93. The van der Waals surface area contributed by atoms with E-state index in [4.69, 9.17) is 4.74 Å². The lowest BCUT2D eigenvalue weighted by molar-refractivity contribution is -0.142. The molecule has 1 aromatic heterocycles. The predicted molar refractivity (Wildman–Crippen MR) is 79.0 cm³/mol. The van der Waals surface area contributed by atoms with Crippen molar-refractivity contribution in [1.82, 2.24) is 9.88 Å². The molecule has 1 aliphatic rings. The molecule has 0 bridgehead atoms. The Hall–Kier alpha value is -2.11. The zero-order valence-electron chi connectivity index (χ0n) is 12.5. The number of hydrogen-bond acceptors (Lipinski definition) is 5. The van der Waals surface area contributed by atoms with Gasteiger partial charge in [0.25, 0.3) is 0 Å². The van der Waals surface area contributed by atoms with Crippen LogP contribution in [0.25, 0.3) is 0 Å². The Bertz CT molecular complexity index is 511. The summed E-state index contributed by atoms with van der Waals surface area (Å²) in [6.07, 6.45) is 1.95. The standard InChI is InChI=1S/C15H21N3O3/c1-3-21-14(20)11-13-5-4-6-16-15(13)18-9-7-17(8-10-18)12(2)19/h4-6H,3,7-11H2,1-2H3. The summed E-state index contributed by atoms with van der Waals surface area (Å²) < 4.78 is 5.00. The van der Waals surface area contributed by atoms with Crippen LogP contribution >= 0.6 is 0 Å². The topological polar surface area (TPSA) is 62.7 Å². The number of anilines is 1. The Morgan fingerprint density at radius 3 is 2.62 bits per heavy atom. The molecule has 1 fully saturated rings. The molecule has 1 aliphatic heterocycles. The van der Waals surface area contributed by atoms with Gasteiger partial charge in [-0.3, -0.25) is 9.59 Å². The van der Waals surface area contributed by atoms with E-state index in [9.17, 15) is 9.59 Å². The number of ether oxygens (including phenoxy) is 1. The highest BCUT2D eigenvalue weighted by Gasteiger charge is 2.22. The zero-order chi connectivity index (χ0) is 15.2. The number of piperazine rings is 1. The first kappa shape index (κ1) is 15.3. The third-order valence-corrected chi connectivity index (χ3v) is 3.53. The summed E-state index contributed by atoms with van der Waals surface area (Å²) in [6.45, 7) is 6.59. The van der Waals surface area contributed by atoms with Gasteiger partial charge < -0.3 is 14.5 Å². The van der Waals surface area contributed by atoms with Crippen molar-refractivity contribution in [3.05, 3.63) is 23.9 Å². The molecule has 0 aromatic carbocycles. The van der Waals surface area contributed by atoms with Crippen LogP contribution in [-0.4, -0.2) is 54.5 Å². The van der Waals surface area contributed by atoms with E-state index >= 15 is 0 Å². The van der Waals surface area contributed by atoms with Gasteiger partial charge in [0, 0.05) is 44.9 Å². The number of nitrogens with zero attached hydrogens (tertiary/aromatic N) is 3. The number of amides is 1. The average Bonchev–Trinajstić information content (AvgIpc) is 2.48. The Morgan fingerprint density at radius 1 is 1.29 bits per heavy atom. The largest absolute Gasteiger partial charge is 0.466 e. The van der Waals surface area contributed by atoms with E-state index in [0.29, 0.717) is 19.7 Å². The molecule has 2 heterocycles. The van der Waals surface area contributed by atoms with Gasteiger partial charge in [-0.05, 0) is 13.0 Å². The molecule has 0 radical (unpaired) electrons. The first-order chi connectivity index (χ1) is 10.1. The number of pyridine rings is 1. The van der Waals surface area contributed by atoms with Crippen molar-refractivity contribution in [3.8, 4) is 0 Å². The number of aromatic nitrogens is 1. The van der Waals surface area contributed by atoms with E-state index < -0.39 is 0 Å². The van der Waals surface area contributed by atoms with Gasteiger partial charge in [0.15, 0.2) is 0 Å². The van der Waals surface area contributed by atoms with Crippen molar-refractivity contribution in [2.75, 3.05) is 37.7 Å². The first-order valence-corrected chi connectivity index (χ1v) is 7.21. The molecule has 1 saturated heterocycles. The van der Waals surface area contributed by atoms with Gasteiger partial charge in [0.2, 0.25) is 5.91 Å². The number of esters is 1. The summed E-state index contributed by atoms with van der Waals surface area (Å²) in [5.41, 5.74) is 0.868. The highest BCUT2D eigenvalue weighted by atomic mass is 16.5. The second kappa shape index (κ2) is 7.06. The van der Waals surface area contributed by atoms with Crippen LogP contribution in [0.1, 0.15) is 19.4 Å². The maximum atomic E-state index is 11.7. The first-order valence-electron chi connectivity index (χ1n) is 7.21. The Labute approximate surface area is 124 Å². The summed E-state index contributed by atoms with van der Waals surface area (Å²) in [6, 6.07) is 3.72. The van der Waals surface area contributed by atoms with Crippen LogP contribution in [0.15, 0.2) is 18.3 Å². The maximum Gasteiger partial charge on any atom is 0.310 e. The van der Waals surface area contributed by atoms with Crippen LogP contribution in [0.3, 0.4) is 0 Å². The molecule has 0 spiro atoms. The van der Waals surface area contributed by atoms with Crippen molar-refractivity contribution in [2.45, 2.75) is 20.3 Å². The van der Waals surface area contributed by atoms with Crippen LogP contribution < -0.4 is 4.90 Å². The van der Waals surface area contributed by atoms with E-state index in [2.05, 4.69) is 9.88 Å². The molecular weight excluding hydrogens is 270 g/mol. The van der Waals surface area contributed by atoms with Crippen molar-refractivity contribution in [1.29, 1.82) is 0 Å². The Kier molecular flexibility index (Phi) is 5.14. The quantitative estimate of drug-likeness (QED) is 0.770. The number of hydrogen-bond donors (Lipinski definition) is 0. The summed E-state index contributed by atoms with van der Waals surface area (Å²) in [7, 11) is 0. The van der Waals surface area contributed by atoms with E-state index in [1.165, 1.54) is 0 Å². The number of carbonyl (C=O) groups is 2. The van der Waals surface area contributed by atoms with Gasteiger partial charge in [-0.2, -0.15) is 0 Å². The summed E-state index contributed by atoms with van der Waals surface area (Å²) in [5.74, 6) is 0.672. The normalized spacial score (nSPS) is 15.0. The molecule has 6 heteroatoms. The second-order valence-corrected chi connectivity index (χ2v) is 4.96. The minimum Gasteiger partial charge on any atom is -0.466 e. The number of rotatable bonds is 4. The maximum absolute atomic E-state index is 11.7. The van der Waals surface area contributed by atoms with Crippen molar-refractivity contribution >= 4 is 17.7 Å². The summed E-state index contributed by atoms with van der Waals surface area (Å²) in [5, 5.41) is 0. The lowest BCUT2D eigenvalue weighted by atomic mass is 10.1. The molecule has 0 atom stereocenters. The zero-order valence-corrected chi connectivity index (χ0v) is 12.5. The molecule has 6 nitrogen and oxygen atoms in total. The minimum atomic E-state index is -0.242. The van der Waals surface area contributed by atoms with Gasteiger partial charge in [0.1, 0.15) is 5.82 Å². The van der Waals surface area contributed by atoms with Crippen LogP contribution in [0.2, 0.25) is 0 Å². The summed E-state index contributed by atoms with van der Waals surface area (Å²) in [4.78, 5) is 31.4. The number of carbonyl (C=O) groups excluding carboxylic acids is 2. The molecule has 0 aliphatic carbocycles. The second-order valence-electron chi connectivity index (χ2n) is 4.96.